The molecule has 0 amide bonds. The molecule has 4 aromatic rings. The Morgan fingerprint density at radius 2 is 1.86 bits per heavy atom. The van der Waals surface area contributed by atoms with Crippen molar-refractivity contribution >= 4 is 11.2 Å². The number of nitrogens with zero attached hydrogens (tertiary/aromatic N) is 4. The van der Waals surface area contributed by atoms with Gasteiger partial charge >= 0.3 is 5.69 Å². The van der Waals surface area contributed by atoms with Crippen LogP contribution in [-0.4, -0.2) is 36.5 Å². The zero-order valence-corrected chi connectivity index (χ0v) is 21.3. The maximum atomic E-state index is 13.4. The minimum atomic E-state index is -1.06. The number of aryl methyl sites for hydroxylation is 1. The second-order valence-electron chi connectivity index (χ2n) is 10.1. The van der Waals surface area contributed by atoms with Gasteiger partial charge in [-0.05, 0) is 41.7 Å². The minimum Gasteiger partial charge on any atom is -0.491 e. The summed E-state index contributed by atoms with van der Waals surface area (Å²) in [5.41, 5.74) is 0.852. The zero-order valence-electron chi connectivity index (χ0n) is 21.3. The van der Waals surface area contributed by atoms with Crippen LogP contribution in [0.5, 0.6) is 5.75 Å². The van der Waals surface area contributed by atoms with Crippen molar-refractivity contribution in [3.63, 3.8) is 0 Å². The summed E-state index contributed by atoms with van der Waals surface area (Å²) in [6.07, 6.45) is 3.69. The van der Waals surface area contributed by atoms with Crippen molar-refractivity contribution in [2.24, 2.45) is 0 Å². The molecule has 1 atom stereocenters. The van der Waals surface area contributed by atoms with Gasteiger partial charge in [0.1, 0.15) is 24.2 Å². The molecular weight excluding hydrogens is 460 g/mol. The van der Waals surface area contributed by atoms with Gasteiger partial charge in [-0.25, -0.2) is 9.78 Å². The third-order valence-corrected chi connectivity index (χ3v) is 6.18. The third-order valence-electron chi connectivity index (χ3n) is 6.18. The van der Waals surface area contributed by atoms with Gasteiger partial charge in [-0.15, -0.1) is 0 Å². The molecule has 0 aliphatic rings. The summed E-state index contributed by atoms with van der Waals surface area (Å²) in [5, 5.41) is 10.7. The number of hydrogen-bond acceptors (Lipinski definition) is 6. The van der Waals surface area contributed by atoms with Crippen molar-refractivity contribution in [3.05, 3.63) is 81.2 Å². The first-order chi connectivity index (χ1) is 17.2. The number of imidazole rings is 1. The highest BCUT2D eigenvalue weighted by Crippen LogP contribution is 2.24. The fourth-order valence-electron chi connectivity index (χ4n) is 4.11. The van der Waals surface area contributed by atoms with E-state index in [9.17, 15) is 14.7 Å². The second kappa shape index (κ2) is 10.6. The van der Waals surface area contributed by atoms with Gasteiger partial charge < -0.3 is 18.8 Å². The summed E-state index contributed by atoms with van der Waals surface area (Å²) in [7, 11) is 0. The predicted molar refractivity (Wildman–Crippen MR) is 138 cm³/mol. The molecule has 3 heterocycles. The molecule has 36 heavy (non-hydrogen) atoms. The van der Waals surface area contributed by atoms with E-state index in [-0.39, 0.29) is 18.6 Å². The second-order valence-corrected chi connectivity index (χ2v) is 10.1. The molecule has 1 aromatic carbocycles. The van der Waals surface area contributed by atoms with Gasteiger partial charge in [0, 0.05) is 6.54 Å². The smallest absolute Gasteiger partial charge is 0.332 e. The SMILES string of the molecule is CCCCn1c(=O)n(C[C@H](O)COc2ccc(C(C)(C)C)cc2)c(=O)c2c1ncn2Cc1ccco1. The van der Waals surface area contributed by atoms with Gasteiger partial charge in [-0.1, -0.05) is 46.2 Å². The number of hydrogen-bond donors (Lipinski definition) is 1. The zero-order chi connectivity index (χ0) is 25.9. The lowest BCUT2D eigenvalue weighted by atomic mass is 9.87. The Hall–Kier alpha value is -3.59. The summed E-state index contributed by atoms with van der Waals surface area (Å²) in [6, 6.07) is 11.3. The Bertz CT molecular complexity index is 1410. The fourth-order valence-corrected chi connectivity index (χ4v) is 4.11. The largest absolute Gasteiger partial charge is 0.491 e. The Morgan fingerprint density at radius 3 is 2.50 bits per heavy atom. The molecule has 1 N–H and O–H groups in total. The summed E-state index contributed by atoms with van der Waals surface area (Å²) < 4.78 is 15.4. The Kier molecular flexibility index (Phi) is 7.49. The van der Waals surface area contributed by atoms with Crippen LogP contribution in [0.1, 0.15) is 51.9 Å². The van der Waals surface area contributed by atoms with E-state index in [2.05, 4.69) is 25.8 Å². The van der Waals surface area contributed by atoms with Crippen LogP contribution in [0.15, 0.2) is 63.0 Å². The third kappa shape index (κ3) is 5.46. The molecule has 0 fully saturated rings. The summed E-state index contributed by atoms with van der Waals surface area (Å²) in [6.45, 7) is 8.92. The molecule has 0 bridgehead atoms. The molecule has 9 nitrogen and oxygen atoms in total. The average Bonchev–Trinajstić information content (AvgIpc) is 3.51. The molecule has 0 aliphatic carbocycles. The van der Waals surface area contributed by atoms with Gasteiger partial charge in [0.05, 0.1) is 25.7 Å². The van der Waals surface area contributed by atoms with E-state index in [1.807, 2.05) is 37.3 Å². The lowest BCUT2D eigenvalue weighted by Crippen LogP contribution is -2.44. The maximum absolute atomic E-state index is 13.4. The topological polar surface area (TPSA) is 104 Å². The number of ether oxygens (including phenoxy) is 1. The molecular formula is C27H34N4O5. The van der Waals surface area contributed by atoms with Gasteiger partial charge in [-0.2, -0.15) is 0 Å². The van der Waals surface area contributed by atoms with Crippen LogP contribution in [0, 0.1) is 0 Å². The quantitative estimate of drug-likeness (QED) is 0.362. The van der Waals surface area contributed by atoms with E-state index in [4.69, 9.17) is 9.15 Å². The van der Waals surface area contributed by atoms with E-state index in [1.165, 1.54) is 10.1 Å². The lowest BCUT2D eigenvalue weighted by molar-refractivity contribution is 0.0901. The number of furan rings is 1. The molecule has 0 saturated heterocycles. The van der Waals surface area contributed by atoms with Gasteiger partial charge in [0.25, 0.3) is 5.56 Å². The highest BCUT2D eigenvalue weighted by Gasteiger charge is 2.21. The number of aromatic nitrogens is 4. The van der Waals surface area contributed by atoms with Crippen molar-refractivity contribution < 1.29 is 14.3 Å². The van der Waals surface area contributed by atoms with E-state index >= 15 is 0 Å². The number of fused-ring (bicyclic) bond motifs is 1. The Morgan fingerprint density at radius 1 is 1.11 bits per heavy atom. The molecule has 9 heteroatoms. The number of rotatable bonds is 10. The van der Waals surface area contributed by atoms with Crippen LogP contribution in [0.2, 0.25) is 0 Å². The van der Waals surface area contributed by atoms with Crippen LogP contribution in [0.3, 0.4) is 0 Å². The van der Waals surface area contributed by atoms with Crippen LogP contribution < -0.4 is 16.0 Å². The normalized spacial score (nSPS) is 12.8. The average molecular weight is 495 g/mol. The maximum Gasteiger partial charge on any atom is 0.332 e. The minimum absolute atomic E-state index is 0.0268. The summed E-state index contributed by atoms with van der Waals surface area (Å²) in [5.74, 6) is 1.28. The van der Waals surface area contributed by atoms with Crippen LogP contribution >= 0.6 is 0 Å². The highest BCUT2D eigenvalue weighted by atomic mass is 16.5. The fraction of sp³-hybridized carbons (Fsp3) is 0.444. The van der Waals surface area contributed by atoms with Crippen molar-refractivity contribution in [3.8, 4) is 5.75 Å². The molecule has 0 unspecified atom stereocenters. The molecule has 0 radical (unpaired) electrons. The van der Waals surface area contributed by atoms with E-state index in [1.54, 1.807) is 23.2 Å². The molecule has 0 aliphatic heterocycles. The molecule has 4 rings (SSSR count). The van der Waals surface area contributed by atoms with E-state index in [0.717, 1.165) is 17.4 Å². The number of aliphatic hydroxyl groups is 1. The van der Waals surface area contributed by atoms with Crippen molar-refractivity contribution in [1.29, 1.82) is 0 Å². The molecule has 192 valence electrons. The van der Waals surface area contributed by atoms with Crippen molar-refractivity contribution in [2.45, 2.75) is 71.7 Å². The number of aliphatic hydroxyl groups excluding tert-OH is 1. The Balaban J connectivity index is 1.60. The van der Waals surface area contributed by atoms with Crippen LogP contribution in [-0.2, 0) is 25.0 Å². The first kappa shape index (κ1) is 25.5. The van der Waals surface area contributed by atoms with Crippen LogP contribution in [0.25, 0.3) is 11.2 Å². The van der Waals surface area contributed by atoms with Gasteiger partial charge in [0.15, 0.2) is 11.2 Å². The molecule has 3 aromatic heterocycles. The van der Waals surface area contributed by atoms with Crippen molar-refractivity contribution in [1.82, 2.24) is 18.7 Å². The number of benzene rings is 1. The Labute approximate surface area is 209 Å². The van der Waals surface area contributed by atoms with Crippen LogP contribution in [0.4, 0.5) is 0 Å². The first-order valence-corrected chi connectivity index (χ1v) is 12.3. The number of unbranched alkanes of at least 4 members (excludes halogenated alkanes) is 1. The van der Waals surface area contributed by atoms with Crippen molar-refractivity contribution in [2.75, 3.05) is 6.61 Å². The monoisotopic (exact) mass is 494 g/mol. The van der Waals surface area contributed by atoms with E-state index < -0.39 is 17.4 Å². The highest BCUT2D eigenvalue weighted by molar-refractivity contribution is 5.70. The summed E-state index contributed by atoms with van der Waals surface area (Å²) in [4.78, 5) is 31.1. The first-order valence-electron chi connectivity index (χ1n) is 12.3. The molecule has 0 spiro atoms. The predicted octanol–water partition coefficient (Wildman–Crippen LogP) is 3.54. The van der Waals surface area contributed by atoms with Gasteiger partial charge in [0.2, 0.25) is 0 Å². The van der Waals surface area contributed by atoms with Gasteiger partial charge in [-0.3, -0.25) is 13.9 Å². The lowest BCUT2D eigenvalue weighted by Gasteiger charge is -2.19. The van der Waals surface area contributed by atoms with E-state index in [0.29, 0.717) is 35.8 Å². The standard InChI is InChI=1S/C27H34N4O5/c1-5-6-13-30-24-23(29(18-28-24)16-22-8-7-14-35-22)25(33)31(26(30)34)15-20(32)17-36-21-11-9-19(10-12-21)27(2,3)4/h7-12,14,18,20,32H,5-6,13,15-17H2,1-4H3/t20-/m0/s1. The molecule has 0 saturated carbocycles. The summed E-state index contributed by atoms with van der Waals surface area (Å²) >= 11 is 0.